The largest absolute Gasteiger partial charge is 0.460 e. The van der Waals surface area contributed by atoms with Gasteiger partial charge in [0.2, 0.25) is 5.79 Å². The van der Waals surface area contributed by atoms with Gasteiger partial charge in [-0.05, 0) is 114 Å². The summed E-state index contributed by atoms with van der Waals surface area (Å²) in [6, 6.07) is -1.38. The van der Waals surface area contributed by atoms with Crippen molar-refractivity contribution in [3.8, 4) is 0 Å². The molecule has 31 atom stereocenters. The smallest absolute Gasteiger partial charge is 0.329 e. The molecule has 11 N–H and O–H groups in total. The minimum absolute atomic E-state index is 0.0254. The van der Waals surface area contributed by atoms with E-state index in [1.54, 1.807) is 34.8 Å². The first kappa shape index (κ1) is 83.8. The van der Waals surface area contributed by atoms with Gasteiger partial charge in [-0.2, -0.15) is 0 Å². The number of ketones is 3. The maximum atomic E-state index is 16.0. The van der Waals surface area contributed by atoms with Crippen molar-refractivity contribution >= 4 is 29.2 Å². The molecule has 100 heavy (non-hydrogen) atoms. The Balaban J connectivity index is 1.20. The van der Waals surface area contributed by atoms with Gasteiger partial charge in [-0.1, -0.05) is 72.8 Å². The summed E-state index contributed by atoms with van der Waals surface area (Å²) in [6.45, 7) is 11.6. The zero-order valence-electron chi connectivity index (χ0n) is 60.0. The normalized spacial score (nSPS) is 44.9. The Morgan fingerprint density at radius 2 is 1.28 bits per heavy atom. The van der Waals surface area contributed by atoms with E-state index in [2.05, 4.69) is 0 Å². The number of Topliss-reactive ketones (excluding diaryl/α,β-unsaturated/α-hetero) is 3. The lowest BCUT2D eigenvalue weighted by atomic mass is 9.78. The first-order valence-corrected chi connectivity index (χ1v) is 36.0. The summed E-state index contributed by atoms with van der Waals surface area (Å²) in [5, 5.41) is 119. The number of nitrogens with zero attached hydrogens (tertiary/aromatic N) is 1. The number of carbonyl (C=O) groups is 5. The predicted octanol–water partition coefficient (Wildman–Crippen LogP) is 0.859. The van der Waals surface area contributed by atoms with E-state index in [0.717, 1.165) is 4.90 Å². The van der Waals surface area contributed by atoms with Gasteiger partial charge in [0.05, 0.1) is 63.6 Å². The minimum Gasteiger partial charge on any atom is -0.460 e. The standard InChI is InChI=1S/C71H117NO28/c1-36-17-13-12-14-18-37(2)48(89-9)31-44-22-20-42(7)71(98-44,100-70(8)64(85)60(82)58(80)53(99-70)35-94-68-61(83)57(79)52(97-68)34-93-69-62(84)59(81)56(78)51(33-74)96-69)65(86)66(87)72-24-16-15-19-45(72)67(88)95-49(39(4)29-43-21-23-47(92-26-25-73)50(30-43)90-10)32-46(75)38(3)28-41(6)55(77)63(91-11)54(76)40(5)27-36/h12-14,17,36-45,47-53,55-64,68-69,73-74,77-85H,15-16,18-35H2,1-11H3/b14-12+,17-13+/t36-,37?,38-,39-,40-,41?,42-,43+,44+,45+,47-,48+,49?,50-,51-,52+,53-,55-,56-,57-,58-,59+,60+,61-,62-,63+,64-,68-,69-,70-,71+/m1/s1. The highest BCUT2D eigenvalue weighted by Gasteiger charge is 2.63. The number of methoxy groups -OCH3 is 3. The van der Waals surface area contributed by atoms with Crippen LogP contribution in [0.5, 0.6) is 0 Å². The number of ether oxygens (including phenoxy) is 12. The summed E-state index contributed by atoms with van der Waals surface area (Å²) in [5.74, 6) is -12.7. The van der Waals surface area contributed by atoms with E-state index in [9.17, 15) is 65.8 Å². The average molecular weight is 1430 g/mol. The van der Waals surface area contributed by atoms with Crippen LogP contribution in [-0.2, 0) is 80.8 Å². The molecule has 3 unspecified atom stereocenters. The number of rotatable bonds is 18. The van der Waals surface area contributed by atoms with Crippen molar-refractivity contribution in [2.45, 2.75) is 285 Å². The molecule has 0 spiro atoms. The summed E-state index contributed by atoms with van der Waals surface area (Å²) in [6.07, 6.45) is -15.9. The minimum atomic E-state index is -2.68. The molecule has 7 aliphatic rings. The van der Waals surface area contributed by atoms with E-state index in [0.29, 0.717) is 57.8 Å². The molecule has 0 aromatic carbocycles. The fourth-order valence-electron chi connectivity index (χ4n) is 15.5. The number of aliphatic hydroxyl groups excluding tert-OH is 11. The lowest BCUT2D eigenvalue weighted by molar-refractivity contribution is -0.426. The Morgan fingerprint density at radius 3 is 1.94 bits per heavy atom. The quantitative estimate of drug-likeness (QED) is 0.0669. The van der Waals surface area contributed by atoms with Crippen LogP contribution in [0.1, 0.15) is 145 Å². The van der Waals surface area contributed by atoms with Crippen LogP contribution in [0, 0.1) is 47.3 Å². The Morgan fingerprint density at radius 1 is 0.630 bits per heavy atom. The molecule has 6 aliphatic heterocycles. The molecule has 0 radical (unpaired) electrons. The third kappa shape index (κ3) is 20.4. The predicted molar refractivity (Wildman–Crippen MR) is 353 cm³/mol. The molecular weight excluding hydrogens is 1310 g/mol. The van der Waals surface area contributed by atoms with Gasteiger partial charge < -0.3 is 118 Å². The van der Waals surface area contributed by atoms with Crippen LogP contribution in [0.2, 0.25) is 0 Å². The van der Waals surface area contributed by atoms with Crippen LogP contribution >= 0.6 is 0 Å². The van der Waals surface area contributed by atoms with Crippen LogP contribution < -0.4 is 0 Å². The first-order chi connectivity index (χ1) is 47.4. The highest BCUT2D eigenvalue weighted by Crippen LogP contribution is 2.46. The molecule has 0 aromatic rings. The third-order valence-corrected chi connectivity index (χ3v) is 21.9. The molecule has 29 nitrogen and oxygen atoms in total. The van der Waals surface area contributed by atoms with Gasteiger partial charge in [0.1, 0.15) is 91.2 Å². The van der Waals surface area contributed by atoms with Crippen LogP contribution in [0.3, 0.4) is 0 Å². The number of hydrogen-bond donors (Lipinski definition) is 11. The van der Waals surface area contributed by atoms with Crippen LogP contribution in [0.4, 0.5) is 0 Å². The molecule has 1 aliphatic carbocycles. The Bertz CT molecular complexity index is 2650. The van der Waals surface area contributed by atoms with Gasteiger partial charge in [-0.3, -0.25) is 19.2 Å². The lowest BCUT2D eigenvalue weighted by Gasteiger charge is -2.53. The van der Waals surface area contributed by atoms with Crippen LogP contribution in [0.25, 0.3) is 0 Å². The van der Waals surface area contributed by atoms with Crippen molar-refractivity contribution in [2.75, 3.05) is 60.9 Å². The number of cyclic esters (lactones) is 1. The van der Waals surface area contributed by atoms with E-state index in [4.69, 9.17) is 56.8 Å². The molecule has 29 heteroatoms. The van der Waals surface area contributed by atoms with Gasteiger partial charge in [0.25, 0.3) is 11.7 Å². The maximum absolute atomic E-state index is 16.0. The second kappa shape index (κ2) is 38.2. The molecule has 0 aromatic heterocycles. The summed E-state index contributed by atoms with van der Waals surface area (Å²) >= 11 is 0. The van der Waals surface area contributed by atoms with E-state index in [-0.39, 0.29) is 93.4 Å². The molecule has 574 valence electrons. The van der Waals surface area contributed by atoms with Gasteiger partial charge in [0, 0.05) is 58.5 Å². The van der Waals surface area contributed by atoms with E-state index in [1.807, 2.05) is 45.1 Å². The van der Waals surface area contributed by atoms with E-state index in [1.165, 1.54) is 21.1 Å². The molecule has 6 fully saturated rings. The number of amides is 1. The molecule has 1 amide bonds. The second-order valence-electron chi connectivity index (χ2n) is 29.6. The van der Waals surface area contributed by atoms with Crippen molar-refractivity contribution < 1.29 is 137 Å². The Labute approximate surface area is 587 Å². The first-order valence-electron chi connectivity index (χ1n) is 36.0. The number of fused-ring (bicyclic) bond motifs is 3. The SMILES string of the molecule is CO[C@H]1C[C@@H]2CC[C@@H](C)[C@@](O[C@@]3(C)O[C@H](CO[C@@H]4O[C@@H](CO[C@@H]5O[C@H](CO)[C@@H](O)[C@H](O)[C@H]5O)[C@@H](O)[C@H]4O)[C@@H](O)[C@H](O)[C@H]3O)(O2)C(=O)C(=O)N2CCCC[C@H]2C(=O)OC([C@H](C)C[C@@H]2CC[C@@H](OCCO)[C@H](OC)C2)CC(=O)[C@H](C)CC(C)[C@@H](O)[C@@H](OC)C(=O)[C@H](C)C[C@H](C)/C=C/C=C/CC1C. The maximum Gasteiger partial charge on any atom is 0.329 e. The third-order valence-electron chi connectivity index (χ3n) is 21.9. The molecule has 7 rings (SSSR count). The Kier molecular flexibility index (Phi) is 32.0. The fraction of sp³-hybridized carbons (Fsp3) is 0.873. The van der Waals surface area contributed by atoms with E-state index >= 15 is 14.4 Å². The second-order valence-corrected chi connectivity index (χ2v) is 29.6. The fourth-order valence-corrected chi connectivity index (χ4v) is 15.5. The summed E-state index contributed by atoms with van der Waals surface area (Å²) < 4.78 is 72.6. The Hall–Kier alpha value is -3.45. The number of piperidine rings is 1. The van der Waals surface area contributed by atoms with Crippen LogP contribution in [0.15, 0.2) is 24.3 Å². The zero-order chi connectivity index (χ0) is 73.7. The van der Waals surface area contributed by atoms with Gasteiger partial charge >= 0.3 is 5.97 Å². The number of allylic oxidation sites excluding steroid dienone is 4. The zero-order valence-corrected chi connectivity index (χ0v) is 60.0. The van der Waals surface area contributed by atoms with Gasteiger partial charge in [0.15, 0.2) is 24.2 Å². The van der Waals surface area contributed by atoms with Gasteiger partial charge in [-0.25, -0.2) is 4.79 Å². The van der Waals surface area contributed by atoms with E-state index < -0.39 is 195 Å². The van der Waals surface area contributed by atoms with Gasteiger partial charge in [-0.15, -0.1) is 0 Å². The number of carbonyl (C=O) groups excluding carboxylic acids is 5. The average Bonchev–Trinajstić information content (AvgIpc) is 0.827. The topological polar surface area (TPSA) is 422 Å². The summed E-state index contributed by atoms with van der Waals surface area (Å²) in [5.41, 5.74) is 0. The highest BCUT2D eigenvalue weighted by atomic mass is 16.8. The lowest BCUT2D eigenvalue weighted by Crippen LogP contribution is -2.70. The van der Waals surface area contributed by atoms with Crippen LogP contribution in [-0.4, -0.2) is 291 Å². The van der Waals surface area contributed by atoms with Crippen molar-refractivity contribution in [3.63, 3.8) is 0 Å². The van der Waals surface area contributed by atoms with Crippen molar-refractivity contribution in [3.05, 3.63) is 24.3 Å². The molecule has 5 saturated heterocycles. The molecule has 2 bridgehead atoms. The summed E-state index contributed by atoms with van der Waals surface area (Å²) in [4.78, 5) is 76.5. The number of esters is 1. The van der Waals surface area contributed by atoms with Crippen molar-refractivity contribution in [1.29, 1.82) is 0 Å². The van der Waals surface area contributed by atoms with Crippen molar-refractivity contribution in [1.82, 2.24) is 4.90 Å². The van der Waals surface area contributed by atoms with Crippen molar-refractivity contribution in [2.24, 2.45) is 47.3 Å². The summed E-state index contributed by atoms with van der Waals surface area (Å²) in [7, 11) is 4.50. The monoisotopic (exact) mass is 1430 g/mol. The highest BCUT2D eigenvalue weighted by molar-refractivity contribution is 6.39. The molecule has 6 heterocycles. The molecule has 1 saturated carbocycles. The number of aliphatic hydroxyl groups is 11. The number of hydrogen-bond acceptors (Lipinski definition) is 28. The molecular formula is C71H117NO28.